The molecule has 0 saturated carbocycles. The van der Waals surface area contributed by atoms with Crippen molar-refractivity contribution in [3.63, 3.8) is 0 Å². The molecule has 27 heavy (non-hydrogen) atoms. The summed E-state index contributed by atoms with van der Waals surface area (Å²) in [5.41, 5.74) is 7.17. The third-order valence-corrected chi connectivity index (χ3v) is 5.14. The lowest BCUT2D eigenvalue weighted by atomic mass is 10.0. The average molecular weight is 376 g/mol. The molecular formula is C24H41NO2. The molecule has 1 aromatic rings. The lowest BCUT2D eigenvalue weighted by Crippen LogP contribution is -2.02. The first kappa shape index (κ1) is 23.5. The zero-order valence-electron chi connectivity index (χ0n) is 17.7. The van der Waals surface area contributed by atoms with Crippen molar-refractivity contribution in [1.82, 2.24) is 0 Å². The SMILES string of the molecule is CCCCCCCCCCCCCCCC(=O)c1ccc(N)c(OCC)c1. The number of nitrogen functional groups attached to an aromatic ring is 1. The van der Waals surface area contributed by atoms with Crippen LogP contribution in [0.5, 0.6) is 5.75 Å². The van der Waals surface area contributed by atoms with Gasteiger partial charge in [0.05, 0.1) is 12.3 Å². The molecule has 2 N–H and O–H groups in total. The molecule has 0 unspecified atom stereocenters. The van der Waals surface area contributed by atoms with Crippen molar-refractivity contribution in [2.24, 2.45) is 0 Å². The van der Waals surface area contributed by atoms with E-state index in [0.717, 1.165) is 12.8 Å². The molecule has 3 nitrogen and oxygen atoms in total. The van der Waals surface area contributed by atoms with Gasteiger partial charge in [0, 0.05) is 12.0 Å². The predicted molar refractivity (Wildman–Crippen MR) is 117 cm³/mol. The van der Waals surface area contributed by atoms with Crippen molar-refractivity contribution < 1.29 is 9.53 Å². The van der Waals surface area contributed by atoms with Gasteiger partial charge in [-0.2, -0.15) is 0 Å². The number of Topliss-reactive ketones (excluding diaryl/α,β-unsaturated/α-hetero) is 1. The van der Waals surface area contributed by atoms with Crippen LogP contribution in [0.2, 0.25) is 0 Å². The molecule has 0 aliphatic carbocycles. The molecule has 0 aromatic heterocycles. The van der Waals surface area contributed by atoms with Gasteiger partial charge in [0.2, 0.25) is 0 Å². The van der Waals surface area contributed by atoms with E-state index < -0.39 is 0 Å². The van der Waals surface area contributed by atoms with Gasteiger partial charge in [0.25, 0.3) is 0 Å². The third kappa shape index (κ3) is 11.0. The van der Waals surface area contributed by atoms with Gasteiger partial charge >= 0.3 is 0 Å². The maximum atomic E-state index is 12.3. The quantitative estimate of drug-likeness (QED) is 0.176. The van der Waals surface area contributed by atoms with Crippen LogP contribution in [0, 0.1) is 0 Å². The molecule has 0 amide bonds. The van der Waals surface area contributed by atoms with Gasteiger partial charge < -0.3 is 10.5 Å². The van der Waals surface area contributed by atoms with Gasteiger partial charge in [-0.3, -0.25) is 4.79 Å². The number of anilines is 1. The van der Waals surface area contributed by atoms with E-state index in [1.165, 1.54) is 70.6 Å². The Morgan fingerprint density at radius 2 is 1.33 bits per heavy atom. The number of ketones is 1. The summed E-state index contributed by atoms with van der Waals surface area (Å²) in [5.74, 6) is 0.813. The highest BCUT2D eigenvalue weighted by molar-refractivity contribution is 5.96. The fraction of sp³-hybridized carbons (Fsp3) is 0.708. The summed E-state index contributed by atoms with van der Waals surface area (Å²) in [6.45, 7) is 4.74. The van der Waals surface area contributed by atoms with Crippen LogP contribution in [-0.2, 0) is 0 Å². The van der Waals surface area contributed by atoms with Crippen LogP contribution < -0.4 is 10.5 Å². The molecule has 0 aliphatic heterocycles. The Hall–Kier alpha value is -1.51. The highest BCUT2D eigenvalue weighted by Crippen LogP contribution is 2.24. The number of benzene rings is 1. The standard InChI is InChI=1S/C24H41NO2/c1-3-5-6-7-8-9-10-11-12-13-14-15-16-17-23(26)21-18-19-22(25)24(20-21)27-4-2/h18-20H,3-17,25H2,1-2H3. The van der Waals surface area contributed by atoms with Crippen LogP contribution in [0.15, 0.2) is 18.2 Å². The summed E-state index contributed by atoms with van der Waals surface area (Å²) in [7, 11) is 0. The summed E-state index contributed by atoms with van der Waals surface area (Å²) in [4.78, 5) is 12.3. The Morgan fingerprint density at radius 3 is 1.85 bits per heavy atom. The maximum Gasteiger partial charge on any atom is 0.163 e. The van der Waals surface area contributed by atoms with Gasteiger partial charge in [-0.05, 0) is 31.5 Å². The minimum atomic E-state index is 0.194. The summed E-state index contributed by atoms with van der Waals surface area (Å²) in [5, 5.41) is 0. The van der Waals surface area contributed by atoms with Crippen LogP contribution in [0.1, 0.15) is 114 Å². The molecular weight excluding hydrogens is 334 g/mol. The molecule has 0 bridgehead atoms. The Kier molecular flexibility index (Phi) is 13.5. The summed E-state index contributed by atoms with van der Waals surface area (Å²) in [6.07, 6.45) is 17.8. The summed E-state index contributed by atoms with van der Waals surface area (Å²) >= 11 is 0. The molecule has 0 heterocycles. The number of hydrogen-bond acceptors (Lipinski definition) is 3. The van der Waals surface area contributed by atoms with E-state index in [2.05, 4.69) is 6.92 Å². The van der Waals surface area contributed by atoms with E-state index >= 15 is 0 Å². The molecule has 1 aromatic carbocycles. The number of carbonyl (C=O) groups is 1. The molecule has 154 valence electrons. The minimum Gasteiger partial charge on any atom is -0.492 e. The number of hydrogen-bond donors (Lipinski definition) is 1. The molecule has 1 rings (SSSR count). The van der Waals surface area contributed by atoms with Gasteiger partial charge in [0.1, 0.15) is 5.75 Å². The lowest BCUT2D eigenvalue weighted by Gasteiger charge is -2.08. The van der Waals surface area contributed by atoms with Crippen LogP contribution in [0.4, 0.5) is 5.69 Å². The smallest absolute Gasteiger partial charge is 0.163 e. The van der Waals surface area contributed by atoms with E-state index in [1.54, 1.807) is 12.1 Å². The van der Waals surface area contributed by atoms with Crippen LogP contribution >= 0.6 is 0 Å². The zero-order valence-corrected chi connectivity index (χ0v) is 17.7. The van der Waals surface area contributed by atoms with Crippen molar-refractivity contribution in [3.8, 4) is 5.75 Å². The van der Waals surface area contributed by atoms with E-state index in [1.807, 2.05) is 13.0 Å². The predicted octanol–water partition coefficient (Wildman–Crippen LogP) is 7.33. The van der Waals surface area contributed by atoms with Crippen LogP contribution in [0.3, 0.4) is 0 Å². The van der Waals surface area contributed by atoms with E-state index in [4.69, 9.17) is 10.5 Å². The number of rotatable bonds is 17. The first-order valence-corrected chi connectivity index (χ1v) is 11.2. The van der Waals surface area contributed by atoms with E-state index in [0.29, 0.717) is 30.0 Å². The molecule has 0 radical (unpaired) electrons. The normalized spacial score (nSPS) is 10.9. The lowest BCUT2D eigenvalue weighted by molar-refractivity contribution is 0.0978. The van der Waals surface area contributed by atoms with E-state index in [9.17, 15) is 4.79 Å². The van der Waals surface area contributed by atoms with Gasteiger partial charge in [0.15, 0.2) is 5.78 Å². The summed E-state index contributed by atoms with van der Waals surface area (Å²) < 4.78 is 5.47. The Labute approximate surface area is 167 Å². The number of carbonyl (C=O) groups excluding carboxylic acids is 1. The summed E-state index contributed by atoms with van der Waals surface area (Å²) in [6, 6.07) is 5.36. The molecule has 0 saturated heterocycles. The Balaban J connectivity index is 2.02. The van der Waals surface area contributed by atoms with Crippen LogP contribution in [-0.4, -0.2) is 12.4 Å². The Bertz CT molecular complexity index is 513. The van der Waals surface area contributed by atoms with Crippen molar-refractivity contribution >= 4 is 11.5 Å². The highest BCUT2D eigenvalue weighted by atomic mass is 16.5. The van der Waals surface area contributed by atoms with Crippen molar-refractivity contribution in [3.05, 3.63) is 23.8 Å². The number of ether oxygens (including phenoxy) is 1. The minimum absolute atomic E-state index is 0.194. The first-order valence-electron chi connectivity index (χ1n) is 11.2. The first-order chi connectivity index (χ1) is 13.2. The maximum absolute atomic E-state index is 12.3. The second kappa shape index (κ2) is 15.5. The third-order valence-electron chi connectivity index (χ3n) is 5.14. The average Bonchev–Trinajstić information content (AvgIpc) is 2.67. The fourth-order valence-electron chi connectivity index (χ4n) is 3.44. The molecule has 3 heteroatoms. The van der Waals surface area contributed by atoms with Crippen molar-refractivity contribution in [2.45, 2.75) is 104 Å². The van der Waals surface area contributed by atoms with E-state index in [-0.39, 0.29) is 5.78 Å². The van der Waals surface area contributed by atoms with Gasteiger partial charge in [-0.25, -0.2) is 0 Å². The molecule has 0 spiro atoms. The van der Waals surface area contributed by atoms with Gasteiger partial charge in [-0.15, -0.1) is 0 Å². The number of unbranched alkanes of at least 4 members (excludes halogenated alkanes) is 12. The van der Waals surface area contributed by atoms with Crippen LogP contribution in [0.25, 0.3) is 0 Å². The topological polar surface area (TPSA) is 52.3 Å². The molecule has 0 aliphatic rings. The van der Waals surface area contributed by atoms with Crippen molar-refractivity contribution in [2.75, 3.05) is 12.3 Å². The molecule has 0 atom stereocenters. The monoisotopic (exact) mass is 375 g/mol. The zero-order chi connectivity index (χ0) is 19.7. The van der Waals surface area contributed by atoms with Crippen molar-refractivity contribution in [1.29, 1.82) is 0 Å². The van der Waals surface area contributed by atoms with Gasteiger partial charge in [-0.1, -0.05) is 84.0 Å². The molecule has 0 fully saturated rings. The Morgan fingerprint density at radius 1 is 0.815 bits per heavy atom. The number of nitrogens with two attached hydrogens (primary N) is 1. The second-order valence-electron chi connectivity index (χ2n) is 7.60. The fourth-order valence-corrected chi connectivity index (χ4v) is 3.44. The highest BCUT2D eigenvalue weighted by Gasteiger charge is 2.09. The second-order valence-corrected chi connectivity index (χ2v) is 7.60. The largest absolute Gasteiger partial charge is 0.492 e.